The Kier molecular flexibility index (Phi) is 8.86. The Bertz CT molecular complexity index is 1350. The van der Waals surface area contributed by atoms with E-state index in [-0.39, 0.29) is 23.2 Å². The van der Waals surface area contributed by atoms with Crippen molar-refractivity contribution in [3.05, 3.63) is 64.3 Å². The summed E-state index contributed by atoms with van der Waals surface area (Å²) in [6, 6.07) is 8.08. The molecule has 39 heavy (non-hydrogen) atoms. The molecule has 208 valence electrons. The van der Waals surface area contributed by atoms with E-state index in [1.54, 1.807) is 6.08 Å². The Morgan fingerprint density at radius 2 is 2.03 bits per heavy atom. The Balaban J connectivity index is 1.43. The number of nitrogens with two attached hydrogens (primary N) is 1. The lowest BCUT2D eigenvalue weighted by Gasteiger charge is -2.20. The molecule has 0 radical (unpaired) electrons. The van der Waals surface area contributed by atoms with E-state index in [4.69, 9.17) is 10.5 Å². The number of nitrogens with one attached hydrogen (secondary N) is 1. The Morgan fingerprint density at radius 1 is 1.31 bits per heavy atom. The van der Waals surface area contributed by atoms with Gasteiger partial charge >= 0.3 is 0 Å². The van der Waals surface area contributed by atoms with Crippen LogP contribution in [0.1, 0.15) is 79.3 Å². The summed E-state index contributed by atoms with van der Waals surface area (Å²) in [7, 11) is 0. The highest BCUT2D eigenvalue weighted by atomic mass is 32.2. The van der Waals surface area contributed by atoms with Crippen LogP contribution < -0.4 is 15.8 Å². The van der Waals surface area contributed by atoms with E-state index < -0.39 is 5.91 Å². The molecule has 2 atom stereocenters. The summed E-state index contributed by atoms with van der Waals surface area (Å²) in [6.45, 7) is 15.0. The van der Waals surface area contributed by atoms with Gasteiger partial charge in [0.15, 0.2) is 17.1 Å². The maximum atomic E-state index is 12.9. The Morgan fingerprint density at radius 3 is 2.67 bits per heavy atom. The van der Waals surface area contributed by atoms with Gasteiger partial charge in [-0.25, -0.2) is 0 Å². The van der Waals surface area contributed by atoms with Gasteiger partial charge in [-0.1, -0.05) is 57.7 Å². The molecule has 2 unspecified atom stereocenters. The van der Waals surface area contributed by atoms with Gasteiger partial charge in [0.05, 0.1) is 11.3 Å². The minimum absolute atomic E-state index is 0.0650. The van der Waals surface area contributed by atoms with Crippen molar-refractivity contribution in [2.75, 3.05) is 11.1 Å². The summed E-state index contributed by atoms with van der Waals surface area (Å²) in [5.74, 6) is 1.32. The molecule has 2 heterocycles. The van der Waals surface area contributed by atoms with Crippen molar-refractivity contribution in [2.45, 2.75) is 77.1 Å². The van der Waals surface area contributed by atoms with Gasteiger partial charge in [-0.15, -0.1) is 28.1 Å². The molecule has 8 nitrogen and oxygen atoms in total. The second-order valence-corrected chi connectivity index (χ2v) is 13.1. The van der Waals surface area contributed by atoms with Crippen LogP contribution in [0, 0.1) is 5.92 Å². The number of allylic oxidation sites excluding steroid dienone is 1. The molecule has 2 aromatic heterocycles. The molecular formula is C29H37N5O3S2. The number of hydrogen-bond acceptors (Lipinski definition) is 7. The number of benzene rings is 1. The first kappa shape index (κ1) is 28.9. The molecule has 2 amide bonds. The highest BCUT2D eigenvalue weighted by molar-refractivity contribution is 7.99. The number of carbonyl (C=O) groups is 2. The van der Waals surface area contributed by atoms with E-state index in [1.165, 1.54) is 28.7 Å². The van der Waals surface area contributed by atoms with E-state index in [0.717, 1.165) is 35.5 Å². The molecule has 1 aromatic carbocycles. The Hall–Kier alpha value is -3.11. The lowest BCUT2D eigenvalue weighted by Crippen LogP contribution is -2.20. The van der Waals surface area contributed by atoms with Gasteiger partial charge in [-0.2, -0.15) is 0 Å². The first-order chi connectivity index (χ1) is 18.5. The third-order valence-corrected chi connectivity index (χ3v) is 8.93. The molecule has 0 fully saturated rings. The second kappa shape index (κ2) is 12.0. The van der Waals surface area contributed by atoms with Crippen LogP contribution in [0.3, 0.4) is 0 Å². The zero-order valence-electron chi connectivity index (χ0n) is 23.2. The van der Waals surface area contributed by atoms with Crippen LogP contribution >= 0.6 is 23.1 Å². The molecule has 4 rings (SSSR count). The van der Waals surface area contributed by atoms with E-state index >= 15 is 0 Å². The zero-order chi connectivity index (χ0) is 28.3. The number of thioether (sulfide) groups is 1. The van der Waals surface area contributed by atoms with Gasteiger partial charge in [-0.05, 0) is 60.8 Å². The van der Waals surface area contributed by atoms with Gasteiger partial charge in [-0.3, -0.25) is 14.2 Å². The van der Waals surface area contributed by atoms with Crippen molar-refractivity contribution in [3.63, 3.8) is 0 Å². The molecule has 0 saturated heterocycles. The molecule has 0 spiro atoms. The lowest BCUT2D eigenvalue weighted by molar-refractivity contribution is -0.113. The van der Waals surface area contributed by atoms with Crippen molar-refractivity contribution < 1.29 is 14.3 Å². The van der Waals surface area contributed by atoms with Crippen molar-refractivity contribution >= 4 is 39.9 Å². The first-order valence-electron chi connectivity index (χ1n) is 13.2. The van der Waals surface area contributed by atoms with Gasteiger partial charge < -0.3 is 15.8 Å². The third kappa shape index (κ3) is 6.73. The molecular weight excluding hydrogens is 530 g/mol. The summed E-state index contributed by atoms with van der Waals surface area (Å²) < 4.78 is 8.07. The van der Waals surface area contributed by atoms with Crippen LogP contribution in [-0.2, 0) is 29.6 Å². The van der Waals surface area contributed by atoms with Gasteiger partial charge in [0.1, 0.15) is 10.8 Å². The number of ether oxygens (including phenoxy) is 1. The number of nitrogens with zero attached hydrogens (tertiary/aromatic N) is 3. The number of hydrogen-bond donors (Lipinski definition) is 2. The quantitative estimate of drug-likeness (QED) is 0.232. The van der Waals surface area contributed by atoms with Crippen molar-refractivity contribution in [1.29, 1.82) is 0 Å². The predicted molar refractivity (Wildman–Crippen MR) is 158 cm³/mol. The number of primary amides is 1. The number of anilines is 1. The molecule has 3 aromatic rings. The van der Waals surface area contributed by atoms with Crippen LogP contribution in [0.5, 0.6) is 5.75 Å². The van der Waals surface area contributed by atoms with Crippen LogP contribution in [0.25, 0.3) is 0 Å². The maximum Gasteiger partial charge on any atom is 0.251 e. The highest BCUT2D eigenvalue weighted by Gasteiger charge is 2.27. The largest absolute Gasteiger partial charge is 0.483 e. The number of fused-ring (bicyclic) bond motifs is 1. The molecule has 1 aliphatic carbocycles. The van der Waals surface area contributed by atoms with Crippen LogP contribution in [0.2, 0.25) is 0 Å². The fraction of sp³-hybridized carbons (Fsp3) is 0.448. The van der Waals surface area contributed by atoms with Gasteiger partial charge in [0.25, 0.3) is 5.91 Å². The molecule has 10 heteroatoms. The van der Waals surface area contributed by atoms with E-state index in [9.17, 15) is 9.59 Å². The van der Waals surface area contributed by atoms with E-state index in [0.29, 0.717) is 34.0 Å². The standard InChI is InChI=1S/C29H37N5O3S2/c1-7-14-34-26(18(3)37-20-11-9-19(10-12-20)29(4,5)6)32-33-28(34)38-16-23(35)31-27-24(25(30)36)21-13-8-17(2)15-22(21)39-27/h7,9-12,17-18H,1,8,13-16H2,2-6H3,(H2,30,36)(H,31,35). The minimum Gasteiger partial charge on any atom is -0.483 e. The average molecular weight is 568 g/mol. The number of thiophene rings is 1. The van der Waals surface area contributed by atoms with E-state index in [1.807, 2.05) is 23.6 Å². The SMILES string of the molecule is C=CCn1c(SCC(=O)Nc2sc3c(c2C(N)=O)CCC(C)C3)nnc1C(C)Oc1ccc(C(C)(C)C)cc1. The molecule has 0 bridgehead atoms. The average Bonchev–Trinajstić information content (AvgIpc) is 3.43. The maximum absolute atomic E-state index is 12.9. The zero-order valence-corrected chi connectivity index (χ0v) is 24.9. The van der Waals surface area contributed by atoms with Crippen LogP contribution in [0.15, 0.2) is 42.1 Å². The predicted octanol–water partition coefficient (Wildman–Crippen LogP) is 5.92. The summed E-state index contributed by atoms with van der Waals surface area (Å²) in [4.78, 5) is 26.2. The second-order valence-electron chi connectivity index (χ2n) is 11.0. The fourth-order valence-corrected chi connectivity index (χ4v) is 6.88. The van der Waals surface area contributed by atoms with Crippen molar-refractivity contribution in [2.24, 2.45) is 11.7 Å². The molecule has 0 aliphatic heterocycles. The fourth-order valence-electron chi connectivity index (χ4n) is 4.69. The molecule has 1 aliphatic rings. The van der Waals surface area contributed by atoms with Crippen LogP contribution in [-0.4, -0.2) is 32.3 Å². The summed E-state index contributed by atoms with van der Waals surface area (Å²) >= 11 is 2.74. The monoisotopic (exact) mass is 567 g/mol. The minimum atomic E-state index is -0.498. The number of aromatic nitrogens is 3. The van der Waals surface area contributed by atoms with Crippen molar-refractivity contribution in [3.8, 4) is 5.75 Å². The molecule has 3 N–H and O–H groups in total. The number of carbonyl (C=O) groups excluding carboxylic acids is 2. The third-order valence-electron chi connectivity index (χ3n) is 6.80. The summed E-state index contributed by atoms with van der Waals surface area (Å²) in [5, 5.41) is 12.7. The first-order valence-corrected chi connectivity index (χ1v) is 15.0. The lowest BCUT2D eigenvalue weighted by atomic mass is 9.87. The summed E-state index contributed by atoms with van der Waals surface area (Å²) in [6.07, 6.45) is 4.12. The smallest absolute Gasteiger partial charge is 0.251 e. The number of amides is 2. The van der Waals surface area contributed by atoms with Gasteiger partial charge in [0, 0.05) is 11.4 Å². The molecule has 0 saturated carbocycles. The van der Waals surface area contributed by atoms with Gasteiger partial charge in [0.2, 0.25) is 5.91 Å². The van der Waals surface area contributed by atoms with E-state index in [2.05, 4.69) is 61.9 Å². The highest BCUT2D eigenvalue weighted by Crippen LogP contribution is 2.39. The normalized spacial score (nSPS) is 15.9. The van der Waals surface area contributed by atoms with Crippen molar-refractivity contribution in [1.82, 2.24) is 14.8 Å². The number of rotatable bonds is 10. The summed E-state index contributed by atoms with van der Waals surface area (Å²) in [5.41, 5.74) is 8.44. The topological polar surface area (TPSA) is 112 Å². The Labute approximate surface area is 238 Å². The van der Waals surface area contributed by atoms with Crippen LogP contribution in [0.4, 0.5) is 5.00 Å².